The Bertz CT molecular complexity index is 1360. The molecular weight excluding hydrogens is 500 g/mol. The van der Waals surface area contributed by atoms with E-state index in [0.29, 0.717) is 0 Å². The maximum Gasteiger partial charge on any atom is 0.244 e. The van der Waals surface area contributed by atoms with E-state index >= 15 is 0 Å². The quantitative estimate of drug-likeness (QED) is 0.264. The summed E-state index contributed by atoms with van der Waals surface area (Å²) in [5.41, 5.74) is 2.84. The van der Waals surface area contributed by atoms with Gasteiger partial charge in [-0.2, -0.15) is 0 Å². The largest absolute Gasteiger partial charge is 0.316 e. The van der Waals surface area contributed by atoms with E-state index in [2.05, 4.69) is 142 Å². The number of fused-ring (bicyclic) bond motifs is 4. The Morgan fingerprint density at radius 3 is 1.76 bits per heavy atom. The number of benzene rings is 4. The van der Waals surface area contributed by atoms with Crippen molar-refractivity contribution in [3.8, 4) is 0 Å². The normalized spacial score (nSPS) is 18.3. The van der Waals surface area contributed by atoms with Crippen molar-refractivity contribution < 1.29 is 4.57 Å². The van der Waals surface area contributed by atoms with Crippen LogP contribution in [0.4, 0.5) is 0 Å². The van der Waals surface area contributed by atoms with Crippen LogP contribution in [0.2, 0.25) is 0 Å². The summed E-state index contributed by atoms with van der Waals surface area (Å²) in [7, 11) is -0.892. The molecule has 1 aromatic heterocycles. The third-order valence-corrected chi connectivity index (χ3v) is 12.4. The monoisotopic (exact) mass is 534 g/mol. The highest BCUT2D eigenvalue weighted by Gasteiger charge is 2.21. The summed E-state index contributed by atoms with van der Waals surface area (Å²) < 4.78 is 4.67. The standard InChI is InChI=1S/C33H34N3P2/c1-3-13-30(14-4-1)37-23-19-34-20-24-38(31-15-5-2-6-16-31)33-18-10-8-12-29(33)26-36-22-21-35(27-36)25-28-11-7-9-17-32(28)37/h1-18,21-22,27,34H,19-20,23-26H2/q+1/t37-,38-/m1/s1. The molecule has 0 unspecified atom stereocenters. The first kappa shape index (κ1) is 25.2. The second-order valence-corrected chi connectivity index (χ2v) is 14.3. The predicted octanol–water partition coefficient (Wildman–Crippen LogP) is 4.34. The SMILES string of the molecule is c1ccc([P@@]2CCNCC[P@](c3ccccc3)c3ccccc3C[n+]3ccn(c3)Cc3ccccc32)cc1. The lowest BCUT2D eigenvalue weighted by Gasteiger charge is -2.23. The van der Waals surface area contributed by atoms with Crippen LogP contribution in [0.15, 0.2) is 128 Å². The molecule has 0 spiro atoms. The fraction of sp³-hybridized carbons (Fsp3) is 0.182. The highest BCUT2D eigenvalue weighted by molar-refractivity contribution is 7.73. The molecule has 0 radical (unpaired) electrons. The van der Waals surface area contributed by atoms with Gasteiger partial charge in [0.2, 0.25) is 6.33 Å². The van der Waals surface area contributed by atoms with Crippen molar-refractivity contribution in [1.82, 2.24) is 9.88 Å². The molecule has 190 valence electrons. The molecule has 0 amide bonds. The molecule has 38 heavy (non-hydrogen) atoms. The van der Waals surface area contributed by atoms with E-state index in [-0.39, 0.29) is 0 Å². The van der Waals surface area contributed by atoms with Crippen molar-refractivity contribution in [3.05, 3.63) is 139 Å². The Morgan fingerprint density at radius 2 is 1.13 bits per heavy atom. The molecule has 2 atom stereocenters. The second-order valence-electron chi connectivity index (χ2n) is 9.74. The number of nitrogens with one attached hydrogen (secondary N) is 1. The lowest BCUT2D eigenvalue weighted by atomic mass is 10.2. The highest BCUT2D eigenvalue weighted by Crippen LogP contribution is 2.36. The van der Waals surface area contributed by atoms with Gasteiger partial charge in [0.1, 0.15) is 25.5 Å². The van der Waals surface area contributed by atoms with Crippen molar-refractivity contribution in [2.75, 3.05) is 25.4 Å². The van der Waals surface area contributed by atoms with E-state index < -0.39 is 15.8 Å². The van der Waals surface area contributed by atoms with Gasteiger partial charge in [-0.05, 0) is 62.5 Å². The average molecular weight is 535 g/mol. The topological polar surface area (TPSA) is 20.8 Å². The minimum absolute atomic E-state index is 0.446. The summed E-state index contributed by atoms with van der Waals surface area (Å²) in [6.07, 6.45) is 9.01. The molecule has 1 aliphatic rings. The summed E-state index contributed by atoms with van der Waals surface area (Å²) >= 11 is 0. The van der Waals surface area contributed by atoms with Crippen molar-refractivity contribution in [1.29, 1.82) is 0 Å². The number of hydrogen-bond donors (Lipinski definition) is 1. The van der Waals surface area contributed by atoms with E-state index in [1.165, 1.54) is 32.3 Å². The Morgan fingerprint density at radius 1 is 0.605 bits per heavy atom. The molecule has 5 aromatic rings. The second kappa shape index (κ2) is 12.2. The van der Waals surface area contributed by atoms with Crippen LogP contribution in [0.25, 0.3) is 0 Å². The van der Waals surface area contributed by atoms with E-state index in [4.69, 9.17) is 0 Å². The molecule has 2 heterocycles. The van der Waals surface area contributed by atoms with Gasteiger partial charge in [-0.25, -0.2) is 9.13 Å². The molecule has 5 heteroatoms. The molecule has 0 saturated carbocycles. The molecule has 0 saturated heterocycles. The molecule has 4 aromatic carbocycles. The van der Waals surface area contributed by atoms with Crippen LogP contribution in [-0.2, 0) is 13.1 Å². The van der Waals surface area contributed by atoms with Gasteiger partial charge in [-0.15, -0.1) is 0 Å². The van der Waals surface area contributed by atoms with Crippen LogP contribution in [-0.4, -0.2) is 30.0 Å². The zero-order chi connectivity index (χ0) is 25.6. The zero-order valence-electron chi connectivity index (χ0n) is 21.7. The van der Waals surface area contributed by atoms with Gasteiger partial charge in [0.25, 0.3) is 0 Å². The number of nitrogens with zero attached hydrogens (tertiary/aromatic N) is 2. The summed E-state index contributed by atoms with van der Waals surface area (Å²) in [4.78, 5) is 0. The van der Waals surface area contributed by atoms with Crippen LogP contribution in [0.1, 0.15) is 11.1 Å². The van der Waals surface area contributed by atoms with E-state index in [9.17, 15) is 0 Å². The maximum absolute atomic E-state index is 3.85. The molecule has 2 bridgehead atoms. The molecule has 1 aliphatic heterocycles. The summed E-state index contributed by atoms with van der Waals surface area (Å²) in [6, 6.07) is 40.4. The van der Waals surface area contributed by atoms with Gasteiger partial charge in [-0.3, -0.25) is 0 Å². The maximum atomic E-state index is 3.85. The minimum Gasteiger partial charge on any atom is -0.316 e. The van der Waals surface area contributed by atoms with E-state index in [1.807, 2.05) is 0 Å². The molecule has 3 nitrogen and oxygen atoms in total. The molecule has 1 N–H and O–H groups in total. The fourth-order valence-corrected chi connectivity index (χ4v) is 10.2. The number of aromatic nitrogens is 2. The van der Waals surface area contributed by atoms with Crippen molar-refractivity contribution in [3.63, 3.8) is 0 Å². The van der Waals surface area contributed by atoms with Crippen molar-refractivity contribution >= 4 is 37.1 Å². The van der Waals surface area contributed by atoms with Crippen molar-refractivity contribution in [2.24, 2.45) is 0 Å². The number of hydrogen-bond acceptors (Lipinski definition) is 1. The minimum atomic E-state index is -0.446. The van der Waals surface area contributed by atoms with Gasteiger partial charge >= 0.3 is 0 Å². The summed E-state index contributed by atoms with van der Waals surface area (Å²) in [6.45, 7) is 3.83. The van der Waals surface area contributed by atoms with Gasteiger partial charge in [0.15, 0.2) is 0 Å². The van der Waals surface area contributed by atoms with Crippen LogP contribution >= 0.6 is 15.8 Å². The molecular formula is C33H34N3P2+. The third kappa shape index (κ3) is 5.82. The number of rotatable bonds is 2. The first-order valence-electron chi connectivity index (χ1n) is 13.4. The zero-order valence-corrected chi connectivity index (χ0v) is 23.4. The van der Waals surface area contributed by atoms with Crippen LogP contribution in [0.3, 0.4) is 0 Å². The van der Waals surface area contributed by atoms with Crippen LogP contribution in [0.5, 0.6) is 0 Å². The Hall–Kier alpha value is -3.09. The molecule has 6 rings (SSSR count). The first-order valence-corrected chi connectivity index (χ1v) is 16.5. The lowest BCUT2D eigenvalue weighted by Crippen LogP contribution is -2.35. The van der Waals surface area contributed by atoms with Crippen LogP contribution in [0, 0.1) is 0 Å². The van der Waals surface area contributed by atoms with Crippen molar-refractivity contribution in [2.45, 2.75) is 13.1 Å². The smallest absolute Gasteiger partial charge is 0.244 e. The first-order chi connectivity index (χ1) is 18.8. The third-order valence-electron chi connectivity index (χ3n) is 7.18. The highest BCUT2D eigenvalue weighted by atomic mass is 31.1. The predicted molar refractivity (Wildman–Crippen MR) is 164 cm³/mol. The van der Waals surface area contributed by atoms with Gasteiger partial charge < -0.3 is 5.32 Å². The van der Waals surface area contributed by atoms with Gasteiger partial charge in [-0.1, -0.05) is 109 Å². The number of imidazole rings is 1. The molecule has 0 aliphatic carbocycles. The van der Waals surface area contributed by atoms with E-state index in [1.54, 1.807) is 0 Å². The Balaban J connectivity index is 1.39. The molecule has 0 fully saturated rings. The van der Waals surface area contributed by atoms with Gasteiger partial charge in [0.05, 0.1) is 0 Å². The van der Waals surface area contributed by atoms with Gasteiger partial charge in [0, 0.05) is 11.1 Å². The average Bonchev–Trinajstić information content (AvgIpc) is 3.41. The van der Waals surface area contributed by atoms with Crippen LogP contribution < -0.4 is 31.1 Å². The fourth-order valence-electron chi connectivity index (χ4n) is 5.33. The Kier molecular flexibility index (Phi) is 8.08. The summed E-state index contributed by atoms with van der Waals surface area (Å²) in [5.74, 6) is 0. The summed E-state index contributed by atoms with van der Waals surface area (Å²) in [5, 5.41) is 9.77. The Labute approximate surface area is 228 Å². The lowest BCUT2D eigenvalue weighted by molar-refractivity contribution is -0.687. The van der Waals surface area contributed by atoms with E-state index in [0.717, 1.165) is 38.5 Å².